The summed E-state index contributed by atoms with van der Waals surface area (Å²) in [6, 6.07) is 8.52. The molecule has 0 unspecified atom stereocenters. The van der Waals surface area contributed by atoms with Crippen LogP contribution in [0, 0.1) is 208 Å². The second kappa shape index (κ2) is 35.3. The van der Waals surface area contributed by atoms with Crippen molar-refractivity contribution in [2.75, 3.05) is 0 Å². The van der Waals surface area contributed by atoms with Gasteiger partial charge in [-0.3, -0.25) is 0 Å². The number of oxazole rings is 2. The number of furan rings is 4. The van der Waals surface area contributed by atoms with Gasteiger partial charge in [0, 0.05) is 43.1 Å². The van der Waals surface area contributed by atoms with Crippen LogP contribution >= 0.6 is 45.3 Å². The van der Waals surface area contributed by atoms with E-state index in [1.54, 1.807) is 12.5 Å². The molecule has 0 saturated carbocycles. The highest BCUT2D eigenvalue weighted by Gasteiger charge is 2.02. The molecule has 12 heteroatoms. The summed E-state index contributed by atoms with van der Waals surface area (Å²) in [6.07, 6.45) is 3.56. The molecule has 10 aromatic rings. The molecule has 0 bridgehead atoms. The predicted octanol–water partition coefficient (Wildman–Crippen LogP) is 22.7. The fourth-order valence-corrected chi connectivity index (χ4v) is 10.4. The van der Waals surface area contributed by atoms with Crippen molar-refractivity contribution in [1.82, 2.24) is 9.97 Å². The van der Waals surface area contributed by atoms with Gasteiger partial charge in [-0.25, -0.2) is 9.97 Å². The Morgan fingerprint density at radius 3 is 0.662 bits per heavy atom. The molecule has 0 aliphatic carbocycles. The van der Waals surface area contributed by atoms with Gasteiger partial charge in [-0.2, -0.15) is 0 Å². The predicted molar refractivity (Wildman–Crippen MR) is 347 cm³/mol. The first-order valence-electron chi connectivity index (χ1n) is 27.1. The highest BCUT2D eigenvalue weighted by molar-refractivity contribution is 7.12. The molecule has 0 radical (unpaired) electrons. The third kappa shape index (κ3) is 26.3. The molecule has 0 saturated heterocycles. The van der Waals surface area contributed by atoms with Crippen LogP contribution < -0.4 is 0 Å². The van der Waals surface area contributed by atoms with Crippen molar-refractivity contribution in [3.63, 3.8) is 0 Å². The van der Waals surface area contributed by atoms with Crippen LogP contribution in [0.2, 0.25) is 0 Å². The van der Waals surface area contributed by atoms with E-state index in [4.69, 9.17) is 26.5 Å². The van der Waals surface area contributed by atoms with Crippen molar-refractivity contribution < 1.29 is 26.5 Å². The molecule has 0 spiro atoms. The van der Waals surface area contributed by atoms with Gasteiger partial charge in [0.15, 0.2) is 11.8 Å². The van der Waals surface area contributed by atoms with Crippen LogP contribution in [-0.4, -0.2) is 9.97 Å². The Kier molecular flexibility index (Phi) is 31.9. The molecule has 8 nitrogen and oxygen atoms in total. The van der Waals surface area contributed by atoms with E-state index >= 15 is 0 Å². The van der Waals surface area contributed by atoms with Gasteiger partial charge >= 0.3 is 0 Å². The first kappa shape index (κ1) is 72.4. The van der Waals surface area contributed by atoms with E-state index in [-0.39, 0.29) is 0 Å². The Balaban J connectivity index is 0.000000444. The van der Waals surface area contributed by atoms with Gasteiger partial charge in [0.05, 0.1) is 23.9 Å². The highest BCUT2D eigenvalue weighted by Crippen LogP contribution is 2.22. The number of rotatable bonds is 0. The number of aromatic nitrogens is 2. The molecule has 10 rings (SSSR count). The zero-order valence-corrected chi connectivity index (χ0v) is 57.9. The average molecular weight is 1170 g/mol. The first-order valence-corrected chi connectivity index (χ1v) is 30.5. The maximum absolute atomic E-state index is 5.21. The minimum absolute atomic E-state index is 0.750. The lowest BCUT2D eigenvalue weighted by atomic mass is 10.2. The Labute approximate surface area is 499 Å². The number of hydrogen-bond donors (Lipinski definition) is 0. The van der Waals surface area contributed by atoms with Gasteiger partial charge in [0.2, 0.25) is 0 Å². The zero-order valence-electron chi connectivity index (χ0n) is 54.6. The van der Waals surface area contributed by atoms with E-state index in [2.05, 4.69) is 130 Å². The number of nitrogens with zero attached hydrogens (tertiary/aromatic N) is 2. The Hall–Kier alpha value is -5.66. The van der Waals surface area contributed by atoms with Crippen LogP contribution in [0.15, 0.2) is 74.1 Å². The van der Waals surface area contributed by atoms with Gasteiger partial charge < -0.3 is 26.5 Å². The van der Waals surface area contributed by atoms with Crippen LogP contribution in [0.1, 0.15) is 165 Å². The molecule has 0 aromatic carbocycles. The summed E-state index contributed by atoms with van der Waals surface area (Å²) in [4.78, 5) is 16.7. The van der Waals surface area contributed by atoms with Crippen molar-refractivity contribution in [1.29, 1.82) is 0 Å². The molecular formula is C68H98N2O6S4. The Morgan fingerprint density at radius 2 is 0.600 bits per heavy atom. The van der Waals surface area contributed by atoms with E-state index in [0.717, 1.165) is 69.3 Å². The van der Waals surface area contributed by atoms with E-state index < -0.39 is 0 Å². The van der Waals surface area contributed by atoms with E-state index in [1.165, 1.54) is 96.0 Å². The van der Waals surface area contributed by atoms with Crippen LogP contribution in [0.3, 0.4) is 0 Å². The Bertz CT molecular complexity index is 2640. The van der Waals surface area contributed by atoms with Crippen LogP contribution in [0.5, 0.6) is 0 Å². The summed E-state index contributed by atoms with van der Waals surface area (Å²) in [7, 11) is 0. The molecule has 0 aliphatic rings. The quantitative estimate of drug-likeness (QED) is 0.148. The molecular weight excluding hydrogens is 1070 g/mol. The normalized spacial score (nSPS) is 9.88. The highest BCUT2D eigenvalue weighted by atomic mass is 32.1. The van der Waals surface area contributed by atoms with Gasteiger partial charge in [-0.1, -0.05) is 0 Å². The summed E-state index contributed by atoms with van der Waals surface area (Å²) >= 11 is 7.40. The average Bonchev–Trinajstić information content (AvgIpc) is 4.31. The molecule has 440 valence electrons. The zero-order chi connectivity index (χ0) is 61.5. The monoisotopic (exact) mass is 1170 g/mol. The lowest BCUT2D eigenvalue weighted by Crippen LogP contribution is -1.71. The summed E-state index contributed by atoms with van der Waals surface area (Å²) in [5, 5.41) is 4.40. The van der Waals surface area contributed by atoms with Gasteiger partial charge in [0.25, 0.3) is 0 Å². The summed E-state index contributed by atoms with van der Waals surface area (Å²) in [6.45, 7) is 61.4. The lowest BCUT2D eigenvalue weighted by Gasteiger charge is -1.86. The molecule has 0 amide bonds. The minimum atomic E-state index is 0.750. The maximum atomic E-state index is 5.21. The SMILES string of the molecule is Cc1cc(C)c(C)o1.Cc1cc(C)c(C)o1.Cc1cc(C)c(C)s1.Cc1cc(C)c(C)s1.Cc1coc(C)c1C.Cc1coc(C)c1C.Cc1csc(C)c1C.Cc1csc(C)c1C.Cc1nc(C)c(C)o1.Cc1nc(C)c(C)o1. The molecule has 80 heavy (non-hydrogen) atoms. The molecule has 0 fully saturated rings. The number of thiophene rings is 4. The number of hydrogen-bond acceptors (Lipinski definition) is 12. The van der Waals surface area contributed by atoms with Crippen molar-refractivity contribution in [2.24, 2.45) is 0 Å². The largest absolute Gasteiger partial charge is 0.469 e. The van der Waals surface area contributed by atoms with Crippen LogP contribution in [0.25, 0.3) is 0 Å². The maximum Gasteiger partial charge on any atom is 0.191 e. The van der Waals surface area contributed by atoms with Crippen molar-refractivity contribution >= 4 is 45.3 Å². The molecule has 0 N–H and O–H groups in total. The van der Waals surface area contributed by atoms with Crippen molar-refractivity contribution in [3.05, 3.63) is 213 Å². The topological polar surface area (TPSA) is 105 Å². The second-order valence-electron chi connectivity index (χ2n) is 20.5. The number of aryl methyl sites for hydroxylation is 26. The summed E-state index contributed by atoms with van der Waals surface area (Å²) < 4.78 is 30.8. The molecule has 0 atom stereocenters. The van der Waals surface area contributed by atoms with E-state index in [1.807, 2.05) is 168 Å². The molecule has 10 aromatic heterocycles. The van der Waals surface area contributed by atoms with Gasteiger partial charge in [-0.15, -0.1) is 45.3 Å². The summed E-state index contributed by atoms with van der Waals surface area (Å²) in [5.74, 6) is 9.46. The molecule has 10 heterocycles. The second-order valence-corrected chi connectivity index (χ2v) is 25.6. The Morgan fingerprint density at radius 1 is 0.287 bits per heavy atom. The third-order valence-electron chi connectivity index (χ3n) is 13.6. The minimum Gasteiger partial charge on any atom is -0.469 e. The van der Waals surface area contributed by atoms with Crippen LogP contribution in [0.4, 0.5) is 0 Å². The fraction of sp³-hybridized carbons (Fsp3) is 0.441. The third-order valence-corrected chi connectivity index (χ3v) is 18.0. The van der Waals surface area contributed by atoms with Crippen LogP contribution in [-0.2, 0) is 0 Å². The van der Waals surface area contributed by atoms with E-state index in [0.29, 0.717) is 0 Å². The molecule has 0 aliphatic heterocycles. The van der Waals surface area contributed by atoms with Gasteiger partial charge in [0.1, 0.15) is 46.1 Å². The fourth-order valence-electron chi connectivity index (χ4n) is 6.82. The van der Waals surface area contributed by atoms with Crippen molar-refractivity contribution in [3.8, 4) is 0 Å². The van der Waals surface area contributed by atoms with E-state index in [9.17, 15) is 0 Å². The van der Waals surface area contributed by atoms with Gasteiger partial charge in [-0.05, 0) is 296 Å². The first-order chi connectivity index (χ1) is 37.1. The smallest absolute Gasteiger partial charge is 0.191 e. The lowest BCUT2D eigenvalue weighted by molar-refractivity contribution is 0.493. The van der Waals surface area contributed by atoms with Crippen molar-refractivity contribution in [2.45, 2.75) is 208 Å². The standard InChI is InChI=1S/4C7H10O.4C7H10S.2C6H9NO/c2*1-5-4-8-7(3)6(5)2;2*1-5-4-6(2)8-7(5)3;2*1-5-4-8-7(3)6(5)2;2*1-5-4-6(2)8-7(5)3;2*1-4-5(2)8-6(3)7-4/h8*4H,1-3H3;2*1-3H3. The summed E-state index contributed by atoms with van der Waals surface area (Å²) in [5.41, 5.74) is 18.1.